The predicted octanol–water partition coefficient (Wildman–Crippen LogP) is 1.21. The summed E-state index contributed by atoms with van der Waals surface area (Å²) >= 11 is 0. The van der Waals surface area contributed by atoms with Crippen molar-refractivity contribution in [3.63, 3.8) is 0 Å². The fourth-order valence-corrected chi connectivity index (χ4v) is 4.75. The summed E-state index contributed by atoms with van der Waals surface area (Å²) < 4.78 is 29.0. The van der Waals surface area contributed by atoms with Gasteiger partial charge in [-0.05, 0) is 38.5 Å². The molecular formula is C13H27N3O2S. The monoisotopic (exact) mass is 289 g/mol. The zero-order valence-corrected chi connectivity index (χ0v) is 12.7. The second kappa shape index (κ2) is 6.52. The maximum absolute atomic E-state index is 12.3. The quantitative estimate of drug-likeness (QED) is 0.817. The number of rotatable bonds is 4. The minimum absolute atomic E-state index is 0.117. The molecule has 2 rings (SSSR count). The van der Waals surface area contributed by atoms with Gasteiger partial charge in [-0.2, -0.15) is 12.7 Å². The van der Waals surface area contributed by atoms with E-state index in [1.54, 1.807) is 4.31 Å². The zero-order valence-electron chi connectivity index (χ0n) is 11.8. The Hall–Kier alpha value is -0.170. The molecule has 2 fully saturated rings. The molecule has 0 radical (unpaired) electrons. The first-order valence-electron chi connectivity index (χ1n) is 7.53. The molecule has 19 heavy (non-hydrogen) atoms. The van der Waals surface area contributed by atoms with Crippen molar-refractivity contribution in [1.29, 1.82) is 0 Å². The Balaban J connectivity index is 1.89. The van der Waals surface area contributed by atoms with Crippen molar-refractivity contribution < 1.29 is 8.42 Å². The number of nitrogens with two attached hydrogens (primary N) is 1. The van der Waals surface area contributed by atoms with Crippen LogP contribution in [-0.4, -0.2) is 37.9 Å². The molecule has 1 saturated carbocycles. The lowest BCUT2D eigenvalue weighted by Gasteiger charge is -2.34. The van der Waals surface area contributed by atoms with Gasteiger partial charge in [-0.15, -0.1) is 0 Å². The van der Waals surface area contributed by atoms with E-state index >= 15 is 0 Å². The zero-order chi connectivity index (χ0) is 13.9. The van der Waals surface area contributed by atoms with Crippen LogP contribution in [0.15, 0.2) is 0 Å². The first-order chi connectivity index (χ1) is 9.00. The fraction of sp³-hybridized carbons (Fsp3) is 1.00. The fourth-order valence-electron chi connectivity index (χ4n) is 3.21. The van der Waals surface area contributed by atoms with Gasteiger partial charge in [0.15, 0.2) is 0 Å². The van der Waals surface area contributed by atoms with Crippen molar-refractivity contribution in [2.45, 2.75) is 64.0 Å². The summed E-state index contributed by atoms with van der Waals surface area (Å²) in [5.74, 6) is 0.295. The Morgan fingerprint density at radius 2 is 1.84 bits per heavy atom. The van der Waals surface area contributed by atoms with Gasteiger partial charge in [0.1, 0.15) is 0 Å². The number of nitrogens with one attached hydrogen (secondary N) is 1. The number of hydrogen-bond donors (Lipinski definition) is 2. The topological polar surface area (TPSA) is 75.4 Å². The van der Waals surface area contributed by atoms with Gasteiger partial charge < -0.3 is 5.73 Å². The molecule has 2 aliphatic rings. The molecule has 0 spiro atoms. The van der Waals surface area contributed by atoms with E-state index in [4.69, 9.17) is 5.73 Å². The third-order valence-corrected chi connectivity index (χ3v) is 6.24. The third kappa shape index (κ3) is 3.90. The second-order valence-electron chi connectivity index (χ2n) is 6.02. The summed E-state index contributed by atoms with van der Waals surface area (Å²) in [6, 6.07) is 0.265. The molecule has 3 atom stereocenters. The molecule has 1 aliphatic carbocycles. The molecule has 0 bridgehead atoms. The molecule has 3 unspecified atom stereocenters. The van der Waals surface area contributed by atoms with Gasteiger partial charge in [0.05, 0.1) is 0 Å². The first-order valence-corrected chi connectivity index (χ1v) is 8.97. The first kappa shape index (κ1) is 15.2. The summed E-state index contributed by atoms with van der Waals surface area (Å²) in [6.07, 6.45) is 7.46. The van der Waals surface area contributed by atoms with Crippen LogP contribution in [0, 0.1) is 5.92 Å². The minimum atomic E-state index is -3.33. The van der Waals surface area contributed by atoms with Crippen molar-refractivity contribution in [1.82, 2.24) is 9.03 Å². The lowest BCUT2D eigenvalue weighted by Crippen LogP contribution is -2.50. The average Bonchev–Trinajstić information content (AvgIpc) is 2.38. The lowest BCUT2D eigenvalue weighted by molar-refractivity contribution is 0.260. The molecule has 0 amide bonds. The van der Waals surface area contributed by atoms with E-state index in [1.807, 2.05) is 6.92 Å². The summed E-state index contributed by atoms with van der Waals surface area (Å²) in [6.45, 7) is 3.13. The standard InChI is InChI=1S/C13H27N3O2S/c1-11-6-4-5-9-16(11)19(17,18)15-10-12-7-2-3-8-13(12)14/h11-13,15H,2-10,14H2,1H3. The van der Waals surface area contributed by atoms with Crippen LogP contribution >= 0.6 is 0 Å². The minimum Gasteiger partial charge on any atom is -0.327 e. The molecule has 1 saturated heterocycles. The van der Waals surface area contributed by atoms with E-state index in [2.05, 4.69) is 4.72 Å². The number of piperidine rings is 1. The van der Waals surface area contributed by atoms with Crippen molar-refractivity contribution in [2.24, 2.45) is 11.7 Å². The summed E-state index contributed by atoms with van der Waals surface area (Å²) in [5.41, 5.74) is 6.07. The normalized spacial score (nSPS) is 34.3. The van der Waals surface area contributed by atoms with Gasteiger partial charge >= 0.3 is 0 Å². The third-order valence-electron chi connectivity index (χ3n) is 4.55. The van der Waals surface area contributed by atoms with Gasteiger partial charge in [0, 0.05) is 25.2 Å². The Bertz CT molecular complexity index is 385. The molecule has 112 valence electrons. The molecule has 0 aromatic rings. The van der Waals surface area contributed by atoms with Crippen LogP contribution < -0.4 is 10.5 Å². The molecule has 1 aliphatic heterocycles. The maximum Gasteiger partial charge on any atom is 0.279 e. The largest absolute Gasteiger partial charge is 0.327 e. The highest BCUT2D eigenvalue weighted by Crippen LogP contribution is 2.23. The lowest BCUT2D eigenvalue weighted by atomic mass is 9.85. The van der Waals surface area contributed by atoms with Gasteiger partial charge in [-0.3, -0.25) is 0 Å². The highest BCUT2D eigenvalue weighted by atomic mass is 32.2. The molecule has 1 heterocycles. The summed E-state index contributed by atoms with van der Waals surface area (Å²) in [4.78, 5) is 0. The van der Waals surface area contributed by atoms with Gasteiger partial charge in [0.25, 0.3) is 10.2 Å². The number of nitrogens with zero attached hydrogens (tertiary/aromatic N) is 1. The van der Waals surface area contributed by atoms with Crippen molar-refractivity contribution in [3.8, 4) is 0 Å². The van der Waals surface area contributed by atoms with E-state index in [-0.39, 0.29) is 12.1 Å². The van der Waals surface area contributed by atoms with Crippen LogP contribution in [0.4, 0.5) is 0 Å². The van der Waals surface area contributed by atoms with Crippen LogP contribution in [0.3, 0.4) is 0 Å². The summed E-state index contributed by atoms with van der Waals surface area (Å²) in [7, 11) is -3.33. The van der Waals surface area contributed by atoms with E-state index in [0.29, 0.717) is 19.0 Å². The van der Waals surface area contributed by atoms with E-state index in [9.17, 15) is 8.42 Å². The van der Waals surface area contributed by atoms with Crippen LogP contribution in [-0.2, 0) is 10.2 Å². The van der Waals surface area contributed by atoms with Gasteiger partial charge in [-0.25, -0.2) is 4.72 Å². The van der Waals surface area contributed by atoms with Crippen LogP contribution in [0.5, 0.6) is 0 Å². The van der Waals surface area contributed by atoms with E-state index < -0.39 is 10.2 Å². The van der Waals surface area contributed by atoms with Crippen LogP contribution in [0.25, 0.3) is 0 Å². The van der Waals surface area contributed by atoms with Crippen LogP contribution in [0.2, 0.25) is 0 Å². The second-order valence-corrected chi connectivity index (χ2v) is 7.73. The maximum atomic E-state index is 12.3. The highest BCUT2D eigenvalue weighted by Gasteiger charge is 2.30. The highest BCUT2D eigenvalue weighted by molar-refractivity contribution is 7.87. The Morgan fingerprint density at radius 3 is 2.53 bits per heavy atom. The van der Waals surface area contributed by atoms with E-state index in [1.165, 1.54) is 12.8 Å². The molecule has 5 nitrogen and oxygen atoms in total. The van der Waals surface area contributed by atoms with E-state index in [0.717, 1.165) is 32.1 Å². The van der Waals surface area contributed by atoms with Crippen molar-refractivity contribution in [2.75, 3.05) is 13.1 Å². The molecule has 0 aromatic heterocycles. The molecule has 6 heteroatoms. The predicted molar refractivity (Wildman–Crippen MR) is 76.9 cm³/mol. The Kier molecular flexibility index (Phi) is 5.22. The van der Waals surface area contributed by atoms with Crippen molar-refractivity contribution in [3.05, 3.63) is 0 Å². The average molecular weight is 289 g/mol. The van der Waals surface area contributed by atoms with Gasteiger partial charge in [-0.1, -0.05) is 19.3 Å². The molecular weight excluding hydrogens is 262 g/mol. The Morgan fingerprint density at radius 1 is 1.16 bits per heavy atom. The Labute approximate surface area is 117 Å². The number of hydrogen-bond acceptors (Lipinski definition) is 3. The summed E-state index contributed by atoms with van der Waals surface area (Å²) in [5, 5.41) is 0. The van der Waals surface area contributed by atoms with Crippen molar-refractivity contribution >= 4 is 10.2 Å². The molecule has 0 aromatic carbocycles. The smallest absolute Gasteiger partial charge is 0.279 e. The SMILES string of the molecule is CC1CCCCN1S(=O)(=O)NCC1CCCCC1N. The van der Waals surface area contributed by atoms with Crippen LogP contribution in [0.1, 0.15) is 51.9 Å². The van der Waals surface area contributed by atoms with Gasteiger partial charge in [0.2, 0.25) is 0 Å². The molecule has 3 N–H and O–H groups in total.